The van der Waals surface area contributed by atoms with E-state index in [0.717, 1.165) is 13.1 Å². The molecule has 1 aromatic rings. The second kappa shape index (κ2) is 9.34. The second-order valence-corrected chi connectivity index (χ2v) is 4.22. The number of amides is 1. The van der Waals surface area contributed by atoms with Crippen LogP contribution < -0.4 is 10.6 Å². The lowest BCUT2D eigenvalue weighted by Gasteiger charge is -2.10. The van der Waals surface area contributed by atoms with Gasteiger partial charge in [0.1, 0.15) is 0 Å². The number of anilines is 1. The largest absolute Gasteiger partial charge is 0.325 e. The summed E-state index contributed by atoms with van der Waals surface area (Å²) < 4.78 is 0. The van der Waals surface area contributed by atoms with Crippen LogP contribution in [-0.4, -0.2) is 44.5 Å². The van der Waals surface area contributed by atoms with Crippen LogP contribution in [0.4, 0.5) is 5.69 Å². The molecule has 5 nitrogen and oxygen atoms in total. The summed E-state index contributed by atoms with van der Waals surface area (Å²) in [5.74, 6) is -0.0848. The minimum absolute atomic E-state index is 0. The molecule has 1 amide bonds. The number of rotatable bonds is 6. The fraction of sp³-hybridized carbons (Fsp3) is 0.385. The molecule has 0 aliphatic heterocycles. The third-order valence-electron chi connectivity index (χ3n) is 2.32. The number of likely N-dealkylation sites (N-methyl/N-ethyl adjacent to an activating group) is 1. The molecule has 0 bridgehead atoms. The number of hydrogen-bond donors (Lipinski definition) is 2. The average molecular weight is 283 g/mol. The van der Waals surface area contributed by atoms with Crippen LogP contribution >= 0.6 is 12.4 Å². The number of nitriles is 1. The quantitative estimate of drug-likeness (QED) is 0.766. The molecule has 1 aromatic carbocycles. The van der Waals surface area contributed by atoms with Gasteiger partial charge in [-0.3, -0.25) is 4.79 Å². The first-order valence-electron chi connectivity index (χ1n) is 5.77. The maximum absolute atomic E-state index is 11.6. The highest BCUT2D eigenvalue weighted by Gasteiger charge is 2.01. The van der Waals surface area contributed by atoms with Crippen molar-refractivity contribution in [3.8, 4) is 6.07 Å². The summed E-state index contributed by atoms with van der Waals surface area (Å²) in [5, 5.41) is 14.5. The van der Waals surface area contributed by atoms with Gasteiger partial charge < -0.3 is 15.5 Å². The first-order valence-corrected chi connectivity index (χ1v) is 5.77. The molecule has 0 fully saturated rings. The van der Waals surface area contributed by atoms with Gasteiger partial charge in [0, 0.05) is 18.8 Å². The zero-order valence-electron chi connectivity index (χ0n) is 11.1. The van der Waals surface area contributed by atoms with Crippen molar-refractivity contribution in [1.29, 1.82) is 5.26 Å². The maximum Gasteiger partial charge on any atom is 0.238 e. The number of nitrogens with one attached hydrogen (secondary N) is 2. The molecular weight excluding hydrogens is 264 g/mol. The molecule has 0 aromatic heterocycles. The highest BCUT2D eigenvalue weighted by atomic mass is 35.5. The Balaban J connectivity index is 0.00000324. The van der Waals surface area contributed by atoms with Crippen LogP contribution in [0.3, 0.4) is 0 Å². The molecule has 0 saturated carbocycles. The molecular formula is C13H19ClN4O. The molecule has 2 N–H and O–H groups in total. The summed E-state index contributed by atoms with van der Waals surface area (Å²) in [7, 11) is 3.97. The zero-order valence-corrected chi connectivity index (χ0v) is 12.0. The van der Waals surface area contributed by atoms with Crippen molar-refractivity contribution < 1.29 is 4.79 Å². The van der Waals surface area contributed by atoms with Gasteiger partial charge in [-0.1, -0.05) is 0 Å². The molecule has 0 aliphatic rings. The van der Waals surface area contributed by atoms with Gasteiger partial charge in [-0.2, -0.15) is 5.26 Å². The molecule has 6 heteroatoms. The predicted octanol–water partition coefficient (Wildman–Crippen LogP) is 1.07. The smallest absolute Gasteiger partial charge is 0.238 e. The summed E-state index contributed by atoms with van der Waals surface area (Å²) in [6.07, 6.45) is 0. The van der Waals surface area contributed by atoms with Crippen LogP contribution in [-0.2, 0) is 4.79 Å². The van der Waals surface area contributed by atoms with Crippen molar-refractivity contribution in [3.05, 3.63) is 29.8 Å². The summed E-state index contributed by atoms with van der Waals surface area (Å²) in [4.78, 5) is 13.6. The van der Waals surface area contributed by atoms with Crippen molar-refractivity contribution in [2.45, 2.75) is 0 Å². The Labute approximate surface area is 120 Å². The summed E-state index contributed by atoms with van der Waals surface area (Å²) >= 11 is 0. The lowest BCUT2D eigenvalue weighted by atomic mass is 10.2. The lowest BCUT2D eigenvalue weighted by molar-refractivity contribution is -0.115. The van der Waals surface area contributed by atoms with E-state index in [9.17, 15) is 4.79 Å². The number of benzene rings is 1. The Kier molecular flexibility index (Phi) is 8.55. The molecule has 0 radical (unpaired) electrons. The first-order chi connectivity index (χ1) is 8.61. The van der Waals surface area contributed by atoms with Gasteiger partial charge >= 0.3 is 0 Å². The first kappa shape index (κ1) is 17.4. The Morgan fingerprint density at radius 1 is 1.32 bits per heavy atom. The predicted molar refractivity (Wildman–Crippen MR) is 78.5 cm³/mol. The van der Waals surface area contributed by atoms with E-state index in [1.807, 2.05) is 25.1 Å². The van der Waals surface area contributed by atoms with Crippen LogP contribution in [0.25, 0.3) is 0 Å². The molecule has 1 rings (SSSR count). The Bertz CT molecular complexity index is 425. The van der Waals surface area contributed by atoms with Crippen molar-refractivity contribution in [2.24, 2.45) is 0 Å². The van der Waals surface area contributed by atoms with E-state index in [2.05, 4.69) is 10.6 Å². The van der Waals surface area contributed by atoms with E-state index >= 15 is 0 Å². The van der Waals surface area contributed by atoms with Gasteiger partial charge in [0.25, 0.3) is 0 Å². The highest BCUT2D eigenvalue weighted by Crippen LogP contribution is 2.08. The standard InChI is InChI=1S/C13H18N4O.ClH/c1-17(2)8-7-15-10-13(18)16-12-5-3-11(9-14)4-6-12;/h3-6,15H,7-8,10H2,1-2H3,(H,16,18);1H. The number of hydrogen-bond acceptors (Lipinski definition) is 4. The lowest BCUT2D eigenvalue weighted by Crippen LogP contribution is -2.33. The van der Waals surface area contributed by atoms with Crippen molar-refractivity contribution in [1.82, 2.24) is 10.2 Å². The van der Waals surface area contributed by atoms with Crippen molar-refractivity contribution in [3.63, 3.8) is 0 Å². The fourth-order valence-corrected chi connectivity index (χ4v) is 1.34. The number of nitrogens with zero attached hydrogens (tertiary/aromatic N) is 2. The molecule has 0 spiro atoms. The Morgan fingerprint density at radius 3 is 2.47 bits per heavy atom. The van der Waals surface area contributed by atoms with E-state index in [4.69, 9.17) is 5.26 Å². The molecule has 0 saturated heterocycles. The molecule has 19 heavy (non-hydrogen) atoms. The van der Waals surface area contributed by atoms with E-state index in [-0.39, 0.29) is 24.9 Å². The maximum atomic E-state index is 11.6. The number of halogens is 1. The highest BCUT2D eigenvalue weighted by molar-refractivity contribution is 5.92. The van der Waals surface area contributed by atoms with Gasteiger partial charge in [0.15, 0.2) is 0 Å². The average Bonchev–Trinajstić information content (AvgIpc) is 2.35. The van der Waals surface area contributed by atoms with E-state index in [1.165, 1.54) is 0 Å². The molecule has 0 atom stereocenters. The van der Waals surface area contributed by atoms with Crippen molar-refractivity contribution in [2.75, 3.05) is 39.0 Å². The third-order valence-corrected chi connectivity index (χ3v) is 2.32. The van der Waals surface area contributed by atoms with E-state index < -0.39 is 0 Å². The molecule has 0 aliphatic carbocycles. The zero-order chi connectivity index (χ0) is 13.4. The van der Waals surface area contributed by atoms with Crippen LogP contribution in [0.15, 0.2) is 24.3 Å². The molecule has 104 valence electrons. The molecule has 0 unspecified atom stereocenters. The van der Waals surface area contributed by atoms with Gasteiger partial charge in [-0.15, -0.1) is 12.4 Å². The third kappa shape index (κ3) is 7.42. The normalized spacial score (nSPS) is 9.58. The number of carbonyl (C=O) groups is 1. The van der Waals surface area contributed by atoms with Crippen molar-refractivity contribution >= 4 is 24.0 Å². The van der Waals surface area contributed by atoms with Gasteiger partial charge in [0.05, 0.1) is 18.2 Å². The topological polar surface area (TPSA) is 68.2 Å². The van der Waals surface area contributed by atoms with Gasteiger partial charge in [0.2, 0.25) is 5.91 Å². The van der Waals surface area contributed by atoms with E-state index in [1.54, 1.807) is 24.3 Å². The molecule has 0 heterocycles. The number of carbonyl (C=O) groups excluding carboxylic acids is 1. The van der Waals surface area contributed by atoms with Gasteiger partial charge in [-0.25, -0.2) is 0 Å². The monoisotopic (exact) mass is 282 g/mol. The van der Waals surface area contributed by atoms with Crippen LogP contribution in [0.2, 0.25) is 0 Å². The summed E-state index contributed by atoms with van der Waals surface area (Å²) in [5.41, 5.74) is 1.28. The summed E-state index contributed by atoms with van der Waals surface area (Å²) in [6.45, 7) is 1.95. The second-order valence-electron chi connectivity index (χ2n) is 4.22. The van der Waals surface area contributed by atoms with Crippen LogP contribution in [0.5, 0.6) is 0 Å². The fourth-order valence-electron chi connectivity index (χ4n) is 1.34. The van der Waals surface area contributed by atoms with E-state index in [0.29, 0.717) is 11.3 Å². The van der Waals surface area contributed by atoms with Gasteiger partial charge in [-0.05, 0) is 38.4 Å². The Morgan fingerprint density at radius 2 is 1.95 bits per heavy atom. The minimum atomic E-state index is -0.0848. The SMILES string of the molecule is CN(C)CCNCC(=O)Nc1ccc(C#N)cc1.Cl. The summed E-state index contributed by atoms with van der Waals surface area (Å²) in [6, 6.07) is 8.82. The van der Waals surface area contributed by atoms with Crippen LogP contribution in [0, 0.1) is 11.3 Å². The minimum Gasteiger partial charge on any atom is -0.325 e. The van der Waals surface area contributed by atoms with Crippen LogP contribution in [0.1, 0.15) is 5.56 Å². The Hall–Kier alpha value is -1.61.